The van der Waals surface area contributed by atoms with E-state index in [0.29, 0.717) is 0 Å². The number of nitrogens with zero attached hydrogens (tertiary/aromatic N) is 3. The van der Waals surface area contributed by atoms with Crippen LogP contribution in [0.3, 0.4) is 0 Å². The molecular formula is C14H20N4W. The molecule has 2 aromatic rings. The molecule has 2 aromatic heterocycles. The molecule has 1 N–H and O–H groups in total. The van der Waals surface area contributed by atoms with Crippen molar-refractivity contribution in [2.45, 2.75) is 27.2 Å². The third-order valence-electron chi connectivity index (χ3n) is 1.59. The minimum absolute atomic E-state index is 0. The van der Waals surface area contributed by atoms with E-state index in [9.17, 15) is 0 Å². The molecule has 0 aromatic carbocycles. The van der Waals surface area contributed by atoms with Crippen molar-refractivity contribution in [3.05, 3.63) is 44.4 Å². The van der Waals surface area contributed by atoms with E-state index in [1.165, 1.54) is 6.33 Å². The average molecular weight is 428 g/mol. The van der Waals surface area contributed by atoms with E-state index in [0.717, 1.165) is 17.5 Å². The fourth-order valence-corrected chi connectivity index (χ4v) is 0.941. The second-order valence-corrected chi connectivity index (χ2v) is 2.67. The molecule has 0 bridgehead atoms. The molecule has 0 spiro atoms. The zero-order valence-electron chi connectivity index (χ0n) is 11.8. The number of fused-ring (bicyclic) bond motifs is 1. The summed E-state index contributed by atoms with van der Waals surface area (Å²) in [6, 6.07) is 3.70. The molecule has 0 radical (unpaired) electrons. The molecule has 0 aliphatic heterocycles. The SMILES string of the molecule is CC.CCC=[C-]C#N.[CH3-].[W+2].c1ncc2cc[nH]c2n1. The predicted molar refractivity (Wildman–Crippen MR) is 75.4 cm³/mol. The van der Waals surface area contributed by atoms with Crippen LogP contribution in [-0.4, -0.2) is 15.0 Å². The number of hydrogen-bond acceptors (Lipinski definition) is 3. The number of aromatic amines is 1. The summed E-state index contributed by atoms with van der Waals surface area (Å²) < 4.78 is 0. The van der Waals surface area contributed by atoms with Crippen LogP contribution in [-0.2, 0) is 21.1 Å². The summed E-state index contributed by atoms with van der Waals surface area (Å²) in [6.45, 7) is 5.96. The minimum Gasteiger partial charge on any atom is -0.390 e. The summed E-state index contributed by atoms with van der Waals surface area (Å²) in [5, 5.41) is 8.86. The maximum absolute atomic E-state index is 7.80. The first-order chi connectivity index (χ1) is 8.38. The van der Waals surface area contributed by atoms with E-state index in [1.807, 2.05) is 33.0 Å². The largest absolute Gasteiger partial charge is 2.00 e. The molecule has 0 saturated heterocycles. The molecule has 0 aliphatic rings. The first kappa shape index (κ1) is 22.7. The van der Waals surface area contributed by atoms with Crippen molar-refractivity contribution in [2.75, 3.05) is 0 Å². The van der Waals surface area contributed by atoms with Crippen molar-refractivity contribution in [3.63, 3.8) is 0 Å². The minimum atomic E-state index is 0. The standard InChI is InChI=1S/C6H5N3.C5H6N.C2H6.CH3.W/c1-2-8-6-5(1)3-7-4-9-6;1-2-3-4-5-6;1-2;;/h1-4H,(H,7,8,9);3H,2H2,1H3;1-2H3;1H3;/q;-1;;-1;+2. The van der Waals surface area contributed by atoms with Crippen LogP contribution in [0.1, 0.15) is 27.2 Å². The van der Waals surface area contributed by atoms with Gasteiger partial charge in [0.2, 0.25) is 0 Å². The van der Waals surface area contributed by atoms with Gasteiger partial charge in [-0.15, -0.1) is 6.07 Å². The quantitative estimate of drug-likeness (QED) is 0.557. The summed E-state index contributed by atoms with van der Waals surface area (Å²) in [5.74, 6) is 0. The first-order valence-corrected chi connectivity index (χ1v) is 5.58. The molecule has 2 heterocycles. The van der Waals surface area contributed by atoms with Gasteiger partial charge in [0.1, 0.15) is 12.0 Å². The zero-order chi connectivity index (χ0) is 12.9. The monoisotopic (exact) mass is 428 g/mol. The molecule has 19 heavy (non-hydrogen) atoms. The summed E-state index contributed by atoms with van der Waals surface area (Å²) >= 11 is 0. The molecule has 0 unspecified atom stereocenters. The van der Waals surface area contributed by atoms with Crippen molar-refractivity contribution in [2.24, 2.45) is 0 Å². The van der Waals surface area contributed by atoms with Gasteiger partial charge >= 0.3 is 21.1 Å². The van der Waals surface area contributed by atoms with Gasteiger partial charge in [0, 0.05) is 17.8 Å². The van der Waals surface area contributed by atoms with Gasteiger partial charge in [-0.2, -0.15) is 0 Å². The number of allylic oxidation sites excluding steroid dienone is 2. The van der Waals surface area contributed by atoms with Crippen LogP contribution >= 0.6 is 0 Å². The van der Waals surface area contributed by atoms with Gasteiger partial charge in [0.25, 0.3) is 0 Å². The van der Waals surface area contributed by atoms with Crippen molar-refractivity contribution < 1.29 is 21.1 Å². The molecule has 0 amide bonds. The Balaban J connectivity index is -0.000000231. The number of hydrogen-bond donors (Lipinski definition) is 1. The number of rotatable bonds is 1. The van der Waals surface area contributed by atoms with Crippen molar-refractivity contribution in [1.82, 2.24) is 15.0 Å². The van der Waals surface area contributed by atoms with Gasteiger partial charge in [-0.3, -0.25) is 6.08 Å². The van der Waals surface area contributed by atoms with Crippen molar-refractivity contribution in [3.8, 4) is 6.07 Å². The van der Waals surface area contributed by atoms with Crippen molar-refractivity contribution in [1.29, 1.82) is 5.26 Å². The number of nitriles is 1. The Morgan fingerprint density at radius 2 is 2.16 bits per heavy atom. The third kappa shape index (κ3) is 10.2. The van der Waals surface area contributed by atoms with Gasteiger partial charge in [-0.05, 0) is 6.07 Å². The smallest absolute Gasteiger partial charge is 0.390 e. The Labute approximate surface area is 130 Å². The Morgan fingerprint density at radius 3 is 2.63 bits per heavy atom. The second-order valence-electron chi connectivity index (χ2n) is 2.67. The fourth-order valence-electron chi connectivity index (χ4n) is 0.941. The predicted octanol–water partition coefficient (Wildman–Crippen LogP) is 3.71. The summed E-state index contributed by atoms with van der Waals surface area (Å²) in [6.07, 6.45) is 10.1. The zero-order valence-corrected chi connectivity index (χ0v) is 14.8. The average Bonchev–Trinajstić information content (AvgIpc) is 2.88. The molecule has 4 nitrogen and oxygen atoms in total. The molecule has 0 fully saturated rings. The van der Waals surface area contributed by atoms with Crippen LogP contribution in [0.4, 0.5) is 0 Å². The summed E-state index contributed by atoms with van der Waals surface area (Å²) in [4.78, 5) is 10.8. The van der Waals surface area contributed by atoms with Gasteiger partial charge < -0.3 is 18.5 Å². The molecule has 102 valence electrons. The van der Waals surface area contributed by atoms with E-state index in [4.69, 9.17) is 5.26 Å². The maximum Gasteiger partial charge on any atom is 2.00 e. The van der Waals surface area contributed by atoms with Crippen LogP contribution in [0.2, 0.25) is 0 Å². The Kier molecular flexibility index (Phi) is 19.8. The van der Waals surface area contributed by atoms with E-state index in [-0.39, 0.29) is 28.5 Å². The number of nitrogens with one attached hydrogen (secondary N) is 1. The van der Waals surface area contributed by atoms with Crippen molar-refractivity contribution >= 4 is 11.0 Å². The molecule has 0 saturated carbocycles. The van der Waals surface area contributed by atoms with Crippen LogP contribution in [0.25, 0.3) is 11.0 Å². The molecular weight excluding hydrogens is 408 g/mol. The van der Waals surface area contributed by atoms with E-state index < -0.39 is 0 Å². The number of H-pyrrole nitrogens is 1. The third-order valence-corrected chi connectivity index (χ3v) is 1.59. The van der Waals surface area contributed by atoms with E-state index >= 15 is 0 Å². The Bertz CT molecular complexity index is 441. The second kappa shape index (κ2) is 16.5. The van der Waals surface area contributed by atoms with Crippen LogP contribution in [0.15, 0.2) is 30.9 Å². The maximum atomic E-state index is 7.80. The van der Waals surface area contributed by atoms with E-state index in [2.05, 4.69) is 21.0 Å². The van der Waals surface area contributed by atoms with Crippen LogP contribution < -0.4 is 0 Å². The molecule has 2 rings (SSSR count). The molecule has 0 atom stereocenters. The molecule has 5 heteroatoms. The fraction of sp³-hybridized carbons (Fsp3) is 0.286. The first-order valence-electron chi connectivity index (χ1n) is 5.58. The van der Waals surface area contributed by atoms with Crippen LogP contribution in [0.5, 0.6) is 0 Å². The normalized spacial score (nSPS) is 7.89. The van der Waals surface area contributed by atoms with Gasteiger partial charge in [-0.1, -0.05) is 27.2 Å². The van der Waals surface area contributed by atoms with Gasteiger partial charge in [0.15, 0.2) is 0 Å². The topological polar surface area (TPSA) is 65.4 Å². The Morgan fingerprint density at radius 1 is 1.47 bits per heavy atom. The summed E-state index contributed by atoms with van der Waals surface area (Å²) in [7, 11) is 0. The van der Waals surface area contributed by atoms with E-state index in [1.54, 1.807) is 18.3 Å². The Hall–Kier alpha value is -1.46. The van der Waals surface area contributed by atoms with Crippen LogP contribution in [0, 0.1) is 24.8 Å². The molecule has 0 aliphatic carbocycles. The van der Waals surface area contributed by atoms with Gasteiger partial charge in [-0.25, -0.2) is 15.2 Å². The number of aromatic nitrogens is 3. The van der Waals surface area contributed by atoms with Gasteiger partial charge in [0.05, 0.1) is 0 Å². The summed E-state index contributed by atoms with van der Waals surface area (Å²) in [5.41, 5.74) is 0.894.